The Bertz CT molecular complexity index is 593. The molecule has 0 saturated carbocycles. The Labute approximate surface area is 130 Å². The third kappa shape index (κ3) is 3.87. The smallest absolute Gasteiger partial charge is 0.163 e. The summed E-state index contributed by atoms with van der Waals surface area (Å²) in [6, 6.07) is 0. The molecule has 1 N–H and O–H groups in total. The molecule has 5 nitrogen and oxygen atoms in total. The first-order valence-corrected chi connectivity index (χ1v) is 8.61. The Morgan fingerprint density at radius 3 is 2.71 bits per heavy atom. The van der Waals surface area contributed by atoms with Crippen molar-refractivity contribution in [2.45, 2.75) is 45.1 Å². The SMILES string of the molecule is CCCNc1nc(CSC(C)C(C)C)nc2c1cnn2C. The van der Waals surface area contributed by atoms with E-state index >= 15 is 0 Å². The van der Waals surface area contributed by atoms with Crippen LogP contribution in [0, 0.1) is 5.92 Å². The van der Waals surface area contributed by atoms with Crippen molar-refractivity contribution < 1.29 is 0 Å². The lowest BCUT2D eigenvalue weighted by molar-refractivity contribution is 0.642. The lowest BCUT2D eigenvalue weighted by Crippen LogP contribution is -2.09. The van der Waals surface area contributed by atoms with Crippen molar-refractivity contribution >= 4 is 28.6 Å². The zero-order valence-electron chi connectivity index (χ0n) is 13.6. The third-order valence-electron chi connectivity index (χ3n) is 3.60. The van der Waals surface area contributed by atoms with Crippen LogP contribution in [0.5, 0.6) is 0 Å². The molecule has 0 aliphatic carbocycles. The van der Waals surface area contributed by atoms with Gasteiger partial charge in [0.15, 0.2) is 5.65 Å². The van der Waals surface area contributed by atoms with Crippen LogP contribution in [0.25, 0.3) is 11.0 Å². The summed E-state index contributed by atoms with van der Waals surface area (Å²) in [7, 11) is 1.92. The highest BCUT2D eigenvalue weighted by Gasteiger charge is 2.13. The minimum Gasteiger partial charge on any atom is -0.369 e. The molecule has 2 aromatic heterocycles. The average molecular weight is 307 g/mol. The molecule has 21 heavy (non-hydrogen) atoms. The summed E-state index contributed by atoms with van der Waals surface area (Å²) in [5.41, 5.74) is 0.899. The lowest BCUT2D eigenvalue weighted by Gasteiger charge is -2.14. The van der Waals surface area contributed by atoms with Crippen LogP contribution in [-0.4, -0.2) is 31.5 Å². The van der Waals surface area contributed by atoms with Gasteiger partial charge < -0.3 is 5.32 Å². The molecule has 0 aliphatic rings. The van der Waals surface area contributed by atoms with Gasteiger partial charge in [-0.15, -0.1) is 0 Å². The molecule has 6 heteroatoms. The fraction of sp³-hybridized carbons (Fsp3) is 0.667. The van der Waals surface area contributed by atoms with Gasteiger partial charge in [-0.1, -0.05) is 27.7 Å². The molecule has 0 fully saturated rings. The maximum Gasteiger partial charge on any atom is 0.163 e. The summed E-state index contributed by atoms with van der Waals surface area (Å²) in [4.78, 5) is 9.35. The number of nitrogens with one attached hydrogen (secondary N) is 1. The zero-order chi connectivity index (χ0) is 15.4. The highest BCUT2D eigenvalue weighted by Crippen LogP contribution is 2.25. The number of rotatable bonds is 7. The van der Waals surface area contributed by atoms with Crippen molar-refractivity contribution in [2.24, 2.45) is 13.0 Å². The van der Waals surface area contributed by atoms with Gasteiger partial charge in [0.05, 0.1) is 17.3 Å². The highest BCUT2D eigenvalue weighted by atomic mass is 32.2. The van der Waals surface area contributed by atoms with Crippen LogP contribution in [0.1, 0.15) is 39.9 Å². The average Bonchev–Trinajstić information content (AvgIpc) is 2.84. The molecule has 0 amide bonds. The maximum absolute atomic E-state index is 4.69. The molecule has 0 spiro atoms. The number of nitrogens with zero attached hydrogens (tertiary/aromatic N) is 4. The minimum atomic E-state index is 0.600. The number of fused-ring (bicyclic) bond motifs is 1. The van der Waals surface area contributed by atoms with Crippen molar-refractivity contribution in [1.82, 2.24) is 19.7 Å². The van der Waals surface area contributed by atoms with Crippen LogP contribution in [0.4, 0.5) is 5.82 Å². The van der Waals surface area contributed by atoms with Crippen molar-refractivity contribution in [3.05, 3.63) is 12.0 Å². The Morgan fingerprint density at radius 1 is 1.29 bits per heavy atom. The van der Waals surface area contributed by atoms with Gasteiger partial charge >= 0.3 is 0 Å². The normalized spacial score (nSPS) is 13.0. The van der Waals surface area contributed by atoms with Gasteiger partial charge in [-0.05, 0) is 12.3 Å². The van der Waals surface area contributed by atoms with Crippen LogP contribution < -0.4 is 5.32 Å². The molecule has 2 aromatic rings. The number of anilines is 1. The monoisotopic (exact) mass is 307 g/mol. The quantitative estimate of drug-likeness (QED) is 0.849. The van der Waals surface area contributed by atoms with E-state index in [0.717, 1.165) is 41.4 Å². The summed E-state index contributed by atoms with van der Waals surface area (Å²) in [5.74, 6) is 3.28. The minimum absolute atomic E-state index is 0.600. The van der Waals surface area contributed by atoms with Gasteiger partial charge in [-0.2, -0.15) is 16.9 Å². The van der Waals surface area contributed by atoms with E-state index in [1.807, 2.05) is 29.7 Å². The summed E-state index contributed by atoms with van der Waals surface area (Å²) in [6.45, 7) is 9.81. The van der Waals surface area contributed by atoms with Gasteiger partial charge in [0.2, 0.25) is 0 Å². The van der Waals surface area contributed by atoms with Crippen LogP contribution in [0.2, 0.25) is 0 Å². The number of aryl methyl sites for hydroxylation is 1. The second-order valence-electron chi connectivity index (χ2n) is 5.68. The Balaban J connectivity index is 2.25. The first-order valence-electron chi connectivity index (χ1n) is 7.57. The Kier molecular flexibility index (Phi) is 5.45. The lowest BCUT2D eigenvalue weighted by atomic mass is 10.2. The Hall–Kier alpha value is -1.30. The van der Waals surface area contributed by atoms with Gasteiger partial charge in [-0.25, -0.2) is 9.97 Å². The molecular formula is C15H25N5S. The van der Waals surface area contributed by atoms with Crippen molar-refractivity contribution in [1.29, 1.82) is 0 Å². The van der Waals surface area contributed by atoms with Crippen molar-refractivity contribution in [2.75, 3.05) is 11.9 Å². The molecule has 2 heterocycles. The van der Waals surface area contributed by atoms with E-state index < -0.39 is 0 Å². The number of hydrogen-bond donors (Lipinski definition) is 1. The molecule has 2 rings (SSSR count). The second kappa shape index (κ2) is 7.11. The van der Waals surface area contributed by atoms with Crippen LogP contribution in [-0.2, 0) is 12.8 Å². The van der Waals surface area contributed by atoms with Gasteiger partial charge in [-0.3, -0.25) is 4.68 Å². The van der Waals surface area contributed by atoms with E-state index in [0.29, 0.717) is 11.2 Å². The first kappa shape index (κ1) is 16.1. The van der Waals surface area contributed by atoms with Crippen molar-refractivity contribution in [3.63, 3.8) is 0 Å². The third-order valence-corrected chi connectivity index (χ3v) is 5.09. The van der Waals surface area contributed by atoms with Crippen LogP contribution >= 0.6 is 11.8 Å². The predicted molar refractivity (Wildman–Crippen MR) is 90.7 cm³/mol. The van der Waals surface area contributed by atoms with Crippen LogP contribution in [0.15, 0.2) is 6.20 Å². The molecule has 116 valence electrons. The molecule has 1 unspecified atom stereocenters. The van der Waals surface area contributed by atoms with E-state index in [2.05, 4.69) is 48.1 Å². The standard InChI is InChI=1S/C15H25N5S/c1-6-7-16-14-12-8-17-20(5)15(12)19-13(18-14)9-21-11(4)10(2)3/h8,10-11H,6-7,9H2,1-5H3,(H,16,18,19). The van der Waals surface area contributed by atoms with E-state index in [1.165, 1.54) is 0 Å². The predicted octanol–water partition coefficient (Wildman–Crippen LogP) is 3.46. The second-order valence-corrected chi connectivity index (χ2v) is 7.05. The van der Waals surface area contributed by atoms with E-state index in [1.54, 1.807) is 0 Å². The summed E-state index contributed by atoms with van der Waals surface area (Å²) < 4.78 is 1.81. The van der Waals surface area contributed by atoms with Gasteiger partial charge in [0.25, 0.3) is 0 Å². The summed E-state index contributed by atoms with van der Waals surface area (Å²) in [6.07, 6.45) is 2.90. The van der Waals surface area contributed by atoms with Gasteiger partial charge in [0.1, 0.15) is 11.6 Å². The van der Waals surface area contributed by atoms with E-state index in [4.69, 9.17) is 0 Å². The molecule has 1 atom stereocenters. The van der Waals surface area contributed by atoms with E-state index in [-0.39, 0.29) is 0 Å². The fourth-order valence-electron chi connectivity index (χ4n) is 1.91. The summed E-state index contributed by atoms with van der Waals surface area (Å²) in [5, 5.41) is 9.28. The molecule has 0 aromatic carbocycles. The molecule has 0 aliphatic heterocycles. The number of aromatic nitrogens is 4. The topological polar surface area (TPSA) is 55.6 Å². The van der Waals surface area contributed by atoms with Gasteiger partial charge in [0, 0.05) is 18.8 Å². The Morgan fingerprint density at radius 2 is 2.05 bits per heavy atom. The van der Waals surface area contributed by atoms with E-state index in [9.17, 15) is 0 Å². The largest absolute Gasteiger partial charge is 0.369 e. The molecule has 0 bridgehead atoms. The van der Waals surface area contributed by atoms with Crippen molar-refractivity contribution in [3.8, 4) is 0 Å². The molecular weight excluding hydrogens is 282 g/mol. The molecule has 0 radical (unpaired) electrons. The summed E-state index contributed by atoms with van der Waals surface area (Å²) >= 11 is 1.90. The number of thioether (sulfide) groups is 1. The molecule has 0 saturated heterocycles. The first-order chi connectivity index (χ1) is 10.0. The maximum atomic E-state index is 4.69. The highest BCUT2D eigenvalue weighted by molar-refractivity contribution is 7.99. The zero-order valence-corrected chi connectivity index (χ0v) is 14.4. The van der Waals surface area contributed by atoms with Crippen LogP contribution in [0.3, 0.4) is 0 Å². The fourth-order valence-corrected chi connectivity index (χ4v) is 2.83. The number of hydrogen-bond acceptors (Lipinski definition) is 5.